The van der Waals surface area contributed by atoms with Gasteiger partial charge in [-0.1, -0.05) is 0 Å². The number of fused-ring (bicyclic) bond motifs is 1. The van der Waals surface area contributed by atoms with Crippen LogP contribution in [-0.2, 0) is 4.74 Å². The molecule has 4 rings (SSSR count). The molecular weight excluding hydrogens is 492 g/mol. The van der Waals surface area contributed by atoms with E-state index in [0.717, 1.165) is 0 Å². The number of hydrogen-bond donors (Lipinski definition) is 4. The molecule has 1 aliphatic rings. The first kappa shape index (κ1) is 26.5. The molecule has 3 aromatic rings. The van der Waals surface area contributed by atoms with E-state index >= 15 is 0 Å². The maximum atomic E-state index is 13.8. The summed E-state index contributed by atoms with van der Waals surface area (Å²) in [6.45, 7) is -0.673. The highest BCUT2D eigenvalue weighted by molar-refractivity contribution is 5.88. The summed E-state index contributed by atoms with van der Waals surface area (Å²) >= 11 is 0. The highest BCUT2D eigenvalue weighted by Gasteiger charge is 2.45. The zero-order valence-corrected chi connectivity index (χ0v) is 20.5. The lowest BCUT2D eigenvalue weighted by atomic mass is 9.99. The minimum absolute atomic E-state index is 0.0205. The predicted molar refractivity (Wildman–Crippen MR) is 129 cm³/mol. The van der Waals surface area contributed by atoms with Crippen molar-refractivity contribution in [3.05, 3.63) is 40.6 Å². The standard InChI is InChI=1S/C25H28O12/c1-31-12-8-15(34-4)18-16(9-12)35-23(11-5-6-13(32-2)14(7-11)33-3)24(20(18)28)37-25-22(30)21(29)19(27)17(10-26)36-25/h5-9,17,19,21-22,25-27,29-30H,10H2,1-4H3. The molecule has 1 aliphatic heterocycles. The molecule has 12 heteroatoms. The van der Waals surface area contributed by atoms with E-state index in [0.29, 0.717) is 22.8 Å². The van der Waals surface area contributed by atoms with Crippen LogP contribution < -0.4 is 29.1 Å². The molecule has 0 aliphatic carbocycles. The summed E-state index contributed by atoms with van der Waals surface area (Å²) in [6.07, 6.45) is -7.97. The lowest BCUT2D eigenvalue weighted by Gasteiger charge is -2.39. The van der Waals surface area contributed by atoms with Crippen molar-refractivity contribution in [2.24, 2.45) is 0 Å². The molecule has 0 spiro atoms. The average molecular weight is 520 g/mol. The molecule has 0 saturated carbocycles. The molecule has 5 unspecified atom stereocenters. The molecule has 4 N–H and O–H groups in total. The van der Waals surface area contributed by atoms with Crippen LogP contribution in [-0.4, -0.2) is 86.2 Å². The molecule has 2 aromatic carbocycles. The zero-order valence-electron chi connectivity index (χ0n) is 20.5. The topological polar surface area (TPSA) is 167 Å². The number of methoxy groups -OCH3 is 4. The normalized spacial score (nSPS) is 23.5. The van der Waals surface area contributed by atoms with Crippen molar-refractivity contribution >= 4 is 11.0 Å². The molecule has 0 bridgehead atoms. The van der Waals surface area contributed by atoms with Gasteiger partial charge in [-0.05, 0) is 18.2 Å². The Bertz CT molecular complexity index is 1320. The van der Waals surface area contributed by atoms with Gasteiger partial charge in [0.25, 0.3) is 0 Å². The van der Waals surface area contributed by atoms with E-state index in [4.69, 9.17) is 32.8 Å². The smallest absolute Gasteiger partial charge is 0.239 e. The Balaban J connectivity index is 1.95. The number of benzene rings is 2. The van der Waals surface area contributed by atoms with Crippen LogP contribution in [0.1, 0.15) is 0 Å². The first-order valence-electron chi connectivity index (χ1n) is 11.2. The van der Waals surface area contributed by atoms with Gasteiger partial charge in [0.1, 0.15) is 46.9 Å². The summed E-state index contributed by atoms with van der Waals surface area (Å²) in [4.78, 5) is 13.8. The SMILES string of the molecule is COc1cc(OC)c2c(=O)c(OC3OC(CO)C(O)C(O)C3O)c(-c3ccc(OC)c(OC)c3)oc2c1. The highest BCUT2D eigenvalue weighted by Crippen LogP contribution is 2.40. The van der Waals surface area contributed by atoms with Crippen LogP contribution in [0.15, 0.2) is 39.5 Å². The molecule has 1 saturated heterocycles. The number of rotatable bonds is 8. The molecule has 37 heavy (non-hydrogen) atoms. The molecule has 0 radical (unpaired) electrons. The quantitative estimate of drug-likeness (QED) is 0.328. The summed E-state index contributed by atoms with van der Waals surface area (Å²) in [5.74, 6) is 0.825. The zero-order chi connectivity index (χ0) is 26.9. The van der Waals surface area contributed by atoms with E-state index in [1.807, 2.05) is 0 Å². The van der Waals surface area contributed by atoms with Crippen molar-refractivity contribution in [3.63, 3.8) is 0 Å². The Kier molecular flexibility index (Phi) is 7.76. The van der Waals surface area contributed by atoms with E-state index in [2.05, 4.69) is 0 Å². The van der Waals surface area contributed by atoms with Gasteiger partial charge in [0.2, 0.25) is 17.5 Å². The van der Waals surface area contributed by atoms with Crippen LogP contribution in [0.25, 0.3) is 22.3 Å². The Morgan fingerprint density at radius 2 is 1.54 bits per heavy atom. The summed E-state index contributed by atoms with van der Waals surface area (Å²) in [5.41, 5.74) is -0.215. The van der Waals surface area contributed by atoms with E-state index in [9.17, 15) is 25.2 Å². The average Bonchev–Trinajstić information content (AvgIpc) is 2.93. The van der Waals surface area contributed by atoms with E-state index in [1.54, 1.807) is 18.2 Å². The Labute approximate surface area is 211 Å². The van der Waals surface area contributed by atoms with Gasteiger partial charge in [0.05, 0.1) is 35.0 Å². The van der Waals surface area contributed by atoms with Crippen LogP contribution in [0, 0.1) is 0 Å². The van der Waals surface area contributed by atoms with Gasteiger partial charge in [-0.3, -0.25) is 4.79 Å². The Morgan fingerprint density at radius 1 is 0.838 bits per heavy atom. The minimum atomic E-state index is -1.76. The largest absolute Gasteiger partial charge is 0.496 e. The van der Waals surface area contributed by atoms with E-state index < -0.39 is 42.7 Å². The van der Waals surface area contributed by atoms with Gasteiger partial charge in [-0.15, -0.1) is 0 Å². The highest BCUT2D eigenvalue weighted by atomic mass is 16.7. The molecule has 0 amide bonds. The van der Waals surface area contributed by atoms with Crippen molar-refractivity contribution in [2.75, 3.05) is 35.0 Å². The van der Waals surface area contributed by atoms with E-state index in [-0.39, 0.29) is 28.2 Å². The second-order valence-electron chi connectivity index (χ2n) is 8.18. The van der Waals surface area contributed by atoms with Crippen LogP contribution in [0.2, 0.25) is 0 Å². The minimum Gasteiger partial charge on any atom is -0.496 e. The van der Waals surface area contributed by atoms with Crippen LogP contribution in [0.4, 0.5) is 0 Å². The van der Waals surface area contributed by atoms with Crippen molar-refractivity contribution in [3.8, 4) is 40.1 Å². The van der Waals surface area contributed by atoms with Gasteiger partial charge in [-0.25, -0.2) is 0 Å². The number of ether oxygens (including phenoxy) is 6. The third kappa shape index (κ3) is 4.77. The van der Waals surface area contributed by atoms with E-state index in [1.165, 1.54) is 40.6 Å². The van der Waals surface area contributed by atoms with Gasteiger partial charge >= 0.3 is 0 Å². The number of hydrogen-bond acceptors (Lipinski definition) is 12. The third-order valence-electron chi connectivity index (χ3n) is 6.07. The summed E-state index contributed by atoms with van der Waals surface area (Å²) in [5, 5.41) is 40.4. The van der Waals surface area contributed by atoms with Crippen molar-refractivity contribution < 1.29 is 53.3 Å². The molecule has 200 valence electrons. The maximum absolute atomic E-state index is 13.8. The number of aliphatic hydroxyl groups excluding tert-OH is 4. The second-order valence-corrected chi connectivity index (χ2v) is 8.18. The lowest BCUT2D eigenvalue weighted by molar-refractivity contribution is -0.277. The number of aliphatic hydroxyl groups is 4. The fourth-order valence-corrected chi connectivity index (χ4v) is 4.08. The summed E-state index contributed by atoms with van der Waals surface area (Å²) in [6, 6.07) is 7.75. The Morgan fingerprint density at radius 3 is 2.16 bits per heavy atom. The predicted octanol–water partition coefficient (Wildman–Crippen LogP) is 0.673. The first-order chi connectivity index (χ1) is 17.8. The molecule has 1 aromatic heterocycles. The fourth-order valence-electron chi connectivity index (χ4n) is 4.08. The van der Waals surface area contributed by atoms with Crippen LogP contribution >= 0.6 is 0 Å². The van der Waals surface area contributed by atoms with Gasteiger partial charge in [-0.2, -0.15) is 0 Å². The van der Waals surface area contributed by atoms with Crippen LogP contribution in [0.3, 0.4) is 0 Å². The molecular formula is C25H28O12. The first-order valence-corrected chi connectivity index (χ1v) is 11.2. The van der Waals surface area contributed by atoms with Gasteiger partial charge in [0, 0.05) is 17.7 Å². The lowest BCUT2D eigenvalue weighted by Crippen LogP contribution is -2.60. The molecule has 12 nitrogen and oxygen atoms in total. The van der Waals surface area contributed by atoms with Crippen molar-refractivity contribution in [1.29, 1.82) is 0 Å². The fraction of sp³-hybridized carbons (Fsp3) is 0.400. The van der Waals surface area contributed by atoms with Crippen LogP contribution in [0.5, 0.6) is 28.7 Å². The molecule has 5 atom stereocenters. The second kappa shape index (κ2) is 10.8. The third-order valence-corrected chi connectivity index (χ3v) is 6.07. The monoisotopic (exact) mass is 520 g/mol. The molecule has 1 fully saturated rings. The van der Waals surface area contributed by atoms with Gasteiger partial charge < -0.3 is 53.3 Å². The summed E-state index contributed by atoms with van der Waals surface area (Å²) in [7, 11) is 5.73. The maximum Gasteiger partial charge on any atom is 0.239 e. The Hall–Kier alpha value is -3.55. The molecule has 2 heterocycles. The summed E-state index contributed by atoms with van der Waals surface area (Å²) < 4.78 is 38.7. The van der Waals surface area contributed by atoms with Gasteiger partial charge in [0.15, 0.2) is 17.3 Å². The van der Waals surface area contributed by atoms with Crippen molar-refractivity contribution in [1.82, 2.24) is 0 Å². The van der Waals surface area contributed by atoms with Crippen molar-refractivity contribution in [2.45, 2.75) is 30.7 Å².